The van der Waals surface area contributed by atoms with Gasteiger partial charge in [-0.15, -0.1) is 0 Å². The third kappa shape index (κ3) is 3.46. The van der Waals surface area contributed by atoms with E-state index >= 15 is 0 Å². The Morgan fingerprint density at radius 1 is 0.963 bits per heavy atom. The van der Waals surface area contributed by atoms with Gasteiger partial charge in [-0.05, 0) is 84.9 Å². The van der Waals surface area contributed by atoms with Gasteiger partial charge in [0.2, 0.25) is 0 Å². The molecular formula is C21H24N2O3S. The highest BCUT2D eigenvalue weighted by Crippen LogP contribution is 2.38. The van der Waals surface area contributed by atoms with E-state index in [1.165, 1.54) is 34.4 Å². The standard InChI is InChI=1S/C21H24N2O3S/c1-2-14-9-11-17(12-10-14)27(25,26)23-21(24)22-20-18-7-3-5-15(18)13-16-6-4-8-19(16)20/h9-13H,2-8H2,1H3,(H2,22,23,24). The number of carbonyl (C=O) groups is 1. The zero-order valence-electron chi connectivity index (χ0n) is 15.5. The van der Waals surface area contributed by atoms with Crippen LogP contribution in [0.5, 0.6) is 0 Å². The molecule has 27 heavy (non-hydrogen) atoms. The van der Waals surface area contributed by atoms with Gasteiger partial charge in [0.25, 0.3) is 10.0 Å². The number of aryl methyl sites for hydroxylation is 3. The van der Waals surface area contributed by atoms with Crippen molar-refractivity contribution < 1.29 is 13.2 Å². The molecule has 2 N–H and O–H groups in total. The van der Waals surface area contributed by atoms with Crippen molar-refractivity contribution in [1.82, 2.24) is 4.72 Å². The summed E-state index contributed by atoms with van der Waals surface area (Å²) < 4.78 is 27.2. The second kappa shape index (κ2) is 7.00. The van der Waals surface area contributed by atoms with Gasteiger partial charge < -0.3 is 5.32 Å². The third-order valence-electron chi connectivity index (χ3n) is 5.58. The van der Waals surface area contributed by atoms with E-state index in [1.807, 2.05) is 6.92 Å². The highest BCUT2D eigenvalue weighted by Gasteiger charge is 2.26. The molecule has 0 saturated heterocycles. The van der Waals surface area contributed by atoms with E-state index in [-0.39, 0.29) is 4.90 Å². The molecular weight excluding hydrogens is 360 g/mol. The summed E-state index contributed by atoms with van der Waals surface area (Å²) in [6.45, 7) is 2.01. The van der Waals surface area contributed by atoms with Crippen LogP contribution in [0.2, 0.25) is 0 Å². The summed E-state index contributed by atoms with van der Waals surface area (Å²) in [4.78, 5) is 12.6. The molecule has 0 fully saturated rings. The first-order valence-corrected chi connectivity index (χ1v) is 11.1. The van der Waals surface area contributed by atoms with Gasteiger partial charge in [0.15, 0.2) is 0 Å². The number of fused-ring (bicyclic) bond motifs is 2. The first-order chi connectivity index (χ1) is 13.0. The molecule has 0 bridgehead atoms. The van der Waals surface area contributed by atoms with Crippen LogP contribution in [0, 0.1) is 0 Å². The van der Waals surface area contributed by atoms with E-state index in [9.17, 15) is 13.2 Å². The van der Waals surface area contributed by atoms with Gasteiger partial charge in [0, 0.05) is 5.69 Å². The Hall–Kier alpha value is -2.34. The number of amides is 2. The molecule has 4 rings (SSSR count). The normalized spacial score (nSPS) is 15.3. The molecule has 142 valence electrons. The van der Waals surface area contributed by atoms with E-state index in [0.717, 1.165) is 56.2 Å². The van der Waals surface area contributed by atoms with Crippen molar-refractivity contribution in [2.75, 3.05) is 5.32 Å². The molecule has 0 radical (unpaired) electrons. The maximum Gasteiger partial charge on any atom is 0.333 e. The molecule has 0 heterocycles. The Kier molecular flexibility index (Phi) is 4.68. The molecule has 0 atom stereocenters. The highest BCUT2D eigenvalue weighted by molar-refractivity contribution is 7.90. The van der Waals surface area contributed by atoms with Crippen LogP contribution in [-0.4, -0.2) is 14.4 Å². The van der Waals surface area contributed by atoms with Crippen LogP contribution in [0.4, 0.5) is 10.5 Å². The summed E-state index contributed by atoms with van der Waals surface area (Å²) in [7, 11) is -3.89. The molecule has 0 aliphatic heterocycles. The molecule has 2 aromatic rings. The summed E-state index contributed by atoms with van der Waals surface area (Å²) in [5, 5.41) is 2.86. The summed E-state index contributed by atoms with van der Waals surface area (Å²) >= 11 is 0. The Morgan fingerprint density at radius 3 is 2.11 bits per heavy atom. The zero-order chi connectivity index (χ0) is 19.0. The smallest absolute Gasteiger partial charge is 0.307 e. The Bertz CT molecular complexity index is 963. The van der Waals surface area contributed by atoms with Crippen LogP contribution in [0.1, 0.15) is 47.6 Å². The fourth-order valence-electron chi connectivity index (χ4n) is 4.19. The quantitative estimate of drug-likeness (QED) is 0.843. The third-order valence-corrected chi connectivity index (χ3v) is 6.93. The van der Waals surface area contributed by atoms with Crippen molar-refractivity contribution >= 4 is 21.7 Å². The van der Waals surface area contributed by atoms with Crippen molar-refractivity contribution in [2.24, 2.45) is 0 Å². The van der Waals surface area contributed by atoms with Gasteiger partial charge in [-0.1, -0.05) is 25.1 Å². The fourth-order valence-corrected chi connectivity index (χ4v) is 5.10. The lowest BCUT2D eigenvalue weighted by molar-refractivity contribution is 0.256. The number of urea groups is 1. The molecule has 2 aliphatic rings. The van der Waals surface area contributed by atoms with Gasteiger partial charge in [-0.3, -0.25) is 0 Å². The molecule has 0 unspecified atom stereocenters. The maximum absolute atomic E-state index is 12.5. The lowest BCUT2D eigenvalue weighted by Crippen LogP contribution is -2.35. The van der Waals surface area contributed by atoms with Crippen molar-refractivity contribution in [3.8, 4) is 0 Å². The fraction of sp³-hybridized carbons (Fsp3) is 0.381. The largest absolute Gasteiger partial charge is 0.333 e. The predicted molar refractivity (Wildman–Crippen MR) is 106 cm³/mol. The number of benzene rings is 2. The molecule has 6 heteroatoms. The monoisotopic (exact) mass is 384 g/mol. The SMILES string of the molecule is CCc1ccc(S(=O)(=O)NC(=O)Nc2c3c(cc4c2CCC4)CCC3)cc1. The van der Waals surface area contributed by atoms with E-state index < -0.39 is 16.1 Å². The van der Waals surface area contributed by atoms with E-state index in [1.54, 1.807) is 12.1 Å². The minimum atomic E-state index is -3.89. The molecule has 2 aliphatic carbocycles. The number of hydrogen-bond acceptors (Lipinski definition) is 3. The van der Waals surface area contributed by atoms with Gasteiger partial charge >= 0.3 is 6.03 Å². The first-order valence-electron chi connectivity index (χ1n) is 9.57. The Balaban J connectivity index is 1.56. The minimum Gasteiger partial charge on any atom is -0.307 e. The molecule has 0 saturated carbocycles. The number of rotatable bonds is 4. The summed E-state index contributed by atoms with van der Waals surface area (Å²) in [6.07, 6.45) is 6.92. The Labute approximate surface area is 160 Å². The van der Waals surface area contributed by atoms with E-state index in [4.69, 9.17) is 0 Å². The highest BCUT2D eigenvalue weighted by atomic mass is 32.2. The minimum absolute atomic E-state index is 0.0957. The van der Waals surface area contributed by atoms with Gasteiger partial charge in [-0.2, -0.15) is 0 Å². The summed E-state index contributed by atoms with van der Waals surface area (Å²) in [5.41, 5.74) is 6.83. The predicted octanol–water partition coefficient (Wildman–Crippen LogP) is 3.74. The first kappa shape index (κ1) is 18.0. The van der Waals surface area contributed by atoms with Gasteiger partial charge in [-0.25, -0.2) is 17.9 Å². The van der Waals surface area contributed by atoms with Crippen LogP contribution in [0.3, 0.4) is 0 Å². The lowest BCUT2D eigenvalue weighted by atomic mass is 9.99. The van der Waals surface area contributed by atoms with Crippen LogP contribution < -0.4 is 10.0 Å². The zero-order valence-corrected chi connectivity index (χ0v) is 16.3. The van der Waals surface area contributed by atoms with Crippen molar-refractivity contribution in [1.29, 1.82) is 0 Å². The second-order valence-electron chi connectivity index (χ2n) is 7.29. The number of anilines is 1. The van der Waals surface area contributed by atoms with Crippen molar-refractivity contribution in [3.05, 3.63) is 58.1 Å². The topological polar surface area (TPSA) is 75.3 Å². The van der Waals surface area contributed by atoms with Crippen LogP contribution in [0.25, 0.3) is 0 Å². The van der Waals surface area contributed by atoms with E-state index in [0.29, 0.717) is 0 Å². The molecule has 2 amide bonds. The second-order valence-corrected chi connectivity index (χ2v) is 8.97. The van der Waals surface area contributed by atoms with Crippen LogP contribution in [-0.2, 0) is 42.1 Å². The van der Waals surface area contributed by atoms with Crippen LogP contribution in [0.15, 0.2) is 35.2 Å². The number of sulfonamides is 1. The average Bonchev–Trinajstić information content (AvgIpc) is 3.30. The summed E-state index contributed by atoms with van der Waals surface area (Å²) in [5.74, 6) is 0. The van der Waals surface area contributed by atoms with E-state index in [2.05, 4.69) is 16.1 Å². The van der Waals surface area contributed by atoms with Crippen molar-refractivity contribution in [2.45, 2.75) is 56.8 Å². The van der Waals surface area contributed by atoms with Gasteiger partial charge in [0.05, 0.1) is 4.90 Å². The Morgan fingerprint density at radius 2 is 1.56 bits per heavy atom. The van der Waals surface area contributed by atoms with Gasteiger partial charge in [0.1, 0.15) is 0 Å². The number of hydrogen-bond donors (Lipinski definition) is 2. The lowest BCUT2D eigenvalue weighted by Gasteiger charge is -2.16. The van der Waals surface area contributed by atoms with Crippen molar-refractivity contribution in [3.63, 3.8) is 0 Å². The van der Waals surface area contributed by atoms with Crippen LogP contribution >= 0.6 is 0 Å². The maximum atomic E-state index is 12.5. The summed E-state index contributed by atoms with van der Waals surface area (Å²) in [6, 6.07) is 8.19. The molecule has 0 aromatic heterocycles. The average molecular weight is 385 g/mol. The molecule has 5 nitrogen and oxygen atoms in total. The number of carbonyl (C=O) groups excluding carboxylic acids is 1. The molecule has 2 aromatic carbocycles. The number of nitrogens with one attached hydrogen (secondary N) is 2. The molecule has 0 spiro atoms.